The summed E-state index contributed by atoms with van der Waals surface area (Å²) in [5, 5.41) is 8.40. The molecule has 0 spiro atoms. The third-order valence-electron chi connectivity index (χ3n) is 5.30. The van der Waals surface area contributed by atoms with E-state index in [0.717, 1.165) is 41.6 Å². The van der Waals surface area contributed by atoms with Gasteiger partial charge in [0.25, 0.3) is 5.91 Å². The van der Waals surface area contributed by atoms with E-state index >= 15 is 0 Å². The molecule has 134 valence electrons. The number of fused-ring (bicyclic) bond motifs is 1. The predicted octanol–water partition coefficient (Wildman–Crippen LogP) is 3.53. The topological polar surface area (TPSA) is 59.8 Å². The van der Waals surface area contributed by atoms with Gasteiger partial charge >= 0.3 is 0 Å². The molecule has 0 bridgehead atoms. The fourth-order valence-corrected chi connectivity index (χ4v) is 3.82. The van der Waals surface area contributed by atoms with E-state index < -0.39 is 5.54 Å². The minimum Gasteiger partial charge on any atom is -0.343 e. The second-order valence-corrected chi connectivity index (χ2v) is 7.12. The molecule has 1 aromatic carbocycles. The summed E-state index contributed by atoms with van der Waals surface area (Å²) in [4.78, 5) is 17.7. The van der Waals surface area contributed by atoms with E-state index in [9.17, 15) is 9.18 Å². The number of halogens is 1. The van der Waals surface area contributed by atoms with E-state index in [0.29, 0.717) is 11.2 Å². The van der Waals surface area contributed by atoms with Gasteiger partial charge in [-0.05, 0) is 56.9 Å². The van der Waals surface area contributed by atoms with Crippen LogP contribution in [0.5, 0.6) is 0 Å². The lowest BCUT2D eigenvalue weighted by atomic mass is 9.71. The number of amides is 1. The third-order valence-corrected chi connectivity index (χ3v) is 5.30. The molecule has 1 N–H and O–H groups in total. The van der Waals surface area contributed by atoms with Gasteiger partial charge in [-0.25, -0.2) is 9.37 Å². The van der Waals surface area contributed by atoms with Crippen molar-refractivity contribution in [2.75, 3.05) is 0 Å². The standard InChI is InChI=1S/C20H21FN4O/c1-12-11-16(17-13(2)24-25(3)18(17)22-12)19(26)23-20(9-4-10-20)14-5-7-15(21)8-6-14/h5-8,11H,4,9-10H2,1-3H3,(H,23,26). The summed E-state index contributed by atoms with van der Waals surface area (Å²) in [6.45, 7) is 3.76. The molecule has 3 aromatic rings. The van der Waals surface area contributed by atoms with E-state index in [1.165, 1.54) is 12.1 Å². The molecular formula is C20H21FN4O. The average molecular weight is 352 g/mol. The van der Waals surface area contributed by atoms with Gasteiger partial charge in [0, 0.05) is 12.7 Å². The Bertz CT molecular complexity index is 1000. The number of carbonyl (C=O) groups excluding carboxylic acids is 1. The number of carbonyl (C=O) groups is 1. The number of aromatic nitrogens is 3. The van der Waals surface area contributed by atoms with Crippen molar-refractivity contribution >= 4 is 16.9 Å². The number of pyridine rings is 1. The highest BCUT2D eigenvalue weighted by Gasteiger charge is 2.40. The van der Waals surface area contributed by atoms with E-state index in [-0.39, 0.29) is 11.7 Å². The second-order valence-electron chi connectivity index (χ2n) is 7.12. The van der Waals surface area contributed by atoms with Crippen molar-refractivity contribution in [1.82, 2.24) is 20.1 Å². The average Bonchev–Trinajstić information content (AvgIpc) is 2.85. The van der Waals surface area contributed by atoms with Crippen LogP contribution in [0, 0.1) is 19.7 Å². The number of aryl methyl sites for hydroxylation is 3. The molecule has 1 fully saturated rings. The van der Waals surface area contributed by atoms with Gasteiger partial charge in [-0.3, -0.25) is 9.48 Å². The molecule has 2 aromatic heterocycles. The zero-order valence-electron chi connectivity index (χ0n) is 15.1. The van der Waals surface area contributed by atoms with Crippen LogP contribution in [0.2, 0.25) is 0 Å². The minimum absolute atomic E-state index is 0.138. The largest absolute Gasteiger partial charge is 0.343 e. The first-order chi connectivity index (χ1) is 12.4. The first-order valence-corrected chi connectivity index (χ1v) is 8.79. The van der Waals surface area contributed by atoms with Gasteiger partial charge in [-0.2, -0.15) is 5.10 Å². The van der Waals surface area contributed by atoms with Gasteiger partial charge in [0.15, 0.2) is 5.65 Å². The summed E-state index contributed by atoms with van der Waals surface area (Å²) in [5.74, 6) is -0.410. The molecule has 1 amide bonds. The molecule has 1 saturated carbocycles. The molecule has 4 rings (SSSR count). The first-order valence-electron chi connectivity index (χ1n) is 8.79. The Morgan fingerprint density at radius 2 is 1.92 bits per heavy atom. The van der Waals surface area contributed by atoms with E-state index in [1.54, 1.807) is 16.8 Å². The summed E-state index contributed by atoms with van der Waals surface area (Å²) >= 11 is 0. The van der Waals surface area contributed by atoms with Crippen LogP contribution in [-0.4, -0.2) is 20.7 Å². The van der Waals surface area contributed by atoms with Crippen molar-refractivity contribution < 1.29 is 9.18 Å². The maximum absolute atomic E-state index is 13.3. The molecular weight excluding hydrogens is 331 g/mol. The minimum atomic E-state index is -0.426. The van der Waals surface area contributed by atoms with Crippen LogP contribution in [0.25, 0.3) is 11.0 Å². The van der Waals surface area contributed by atoms with Gasteiger partial charge in [-0.15, -0.1) is 0 Å². The number of nitrogens with zero attached hydrogens (tertiary/aromatic N) is 3. The quantitative estimate of drug-likeness (QED) is 0.784. The van der Waals surface area contributed by atoms with Crippen molar-refractivity contribution in [1.29, 1.82) is 0 Å². The summed E-state index contributed by atoms with van der Waals surface area (Å²) < 4.78 is 15.0. The molecule has 5 nitrogen and oxygen atoms in total. The predicted molar refractivity (Wildman–Crippen MR) is 97.4 cm³/mol. The lowest BCUT2D eigenvalue weighted by Gasteiger charge is -2.43. The van der Waals surface area contributed by atoms with Crippen LogP contribution >= 0.6 is 0 Å². The van der Waals surface area contributed by atoms with Crippen molar-refractivity contribution in [3.05, 3.63) is 58.7 Å². The molecule has 0 radical (unpaired) electrons. The van der Waals surface area contributed by atoms with E-state index in [2.05, 4.69) is 15.4 Å². The maximum Gasteiger partial charge on any atom is 0.252 e. The SMILES string of the molecule is Cc1cc(C(=O)NC2(c3ccc(F)cc3)CCC2)c2c(C)nn(C)c2n1. The molecule has 0 atom stereocenters. The number of hydrogen-bond acceptors (Lipinski definition) is 3. The molecule has 1 aliphatic carbocycles. The molecule has 0 saturated heterocycles. The maximum atomic E-state index is 13.3. The van der Waals surface area contributed by atoms with Crippen molar-refractivity contribution in [3.63, 3.8) is 0 Å². The highest BCUT2D eigenvalue weighted by molar-refractivity contribution is 6.06. The Hall–Kier alpha value is -2.76. The third kappa shape index (κ3) is 2.57. The van der Waals surface area contributed by atoms with E-state index in [4.69, 9.17) is 0 Å². The van der Waals surface area contributed by atoms with Gasteiger partial charge in [0.2, 0.25) is 0 Å². The summed E-state index contributed by atoms with van der Waals surface area (Å²) in [6.07, 6.45) is 2.74. The molecule has 1 aliphatic rings. The molecule has 0 aliphatic heterocycles. The summed E-state index contributed by atoms with van der Waals surface area (Å²) in [6, 6.07) is 8.22. The van der Waals surface area contributed by atoms with Gasteiger partial charge in [0.1, 0.15) is 5.82 Å². The van der Waals surface area contributed by atoms with Crippen molar-refractivity contribution in [2.24, 2.45) is 7.05 Å². The van der Waals surface area contributed by atoms with Crippen LogP contribution in [-0.2, 0) is 12.6 Å². The van der Waals surface area contributed by atoms with Crippen LogP contribution in [0.3, 0.4) is 0 Å². The number of hydrogen-bond donors (Lipinski definition) is 1. The lowest BCUT2D eigenvalue weighted by molar-refractivity contribution is 0.0825. The fourth-order valence-electron chi connectivity index (χ4n) is 3.82. The Kier molecular flexibility index (Phi) is 3.79. The second kappa shape index (κ2) is 5.90. The highest BCUT2D eigenvalue weighted by atomic mass is 19.1. The Balaban J connectivity index is 1.74. The van der Waals surface area contributed by atoms with Gasteiger partial charge < -0.3 is 5.32 Å². The monoisotopic (exact) mass is 352 g/mol. The Morgan fingerprint density at radius 3 is 2.54 bits per heavy atom. The first kappa shape index (κ1) is 16.7. The number of nitrogens with one attached hydrogen (secondary N) is 1. The van der Waals surface area contributed by atoms with Crippen LogP contribution in [0.15, 0.2) is 30.3 Å². The van der Waals surface area contributed by atoms with Gasteiger partial charge in [-0.1, -0.05) is 12.1 Å². The Labute approximate surface area is 151 Å². The number of benzene rings is 1. The fraction of sp³-hybridized carbons (Fsp3) is 0.350. The molecule has 6 heteroatoms. The zero-order chi connectivity index (χ0) is 18.5. The smallest absolute Gasteiger partial charge is 0.252 e. The van der Waals surface area contributed by atoms with Crippen LogP contribution in [0.1, 0.15) is 46.6 Å². The highest BCUT2D eigenvalue weighted by Crippen LogP contribution is 2.41. The van der Waals surface area contributed by atoms with Crippen LogP contribution in [0.4, 0.5) is 4.39 Å². The van der Waals surface area contributed by atoms with Crippen molar-refractivity contribution in [2.45, 2.75) is 38.6 Å². The van der Waals surface area contributed by atoms with Crippen molar-refractivity contribution in [3.8, 4) is 0 Å². The Morgan fingerprint density at radius 1 is 1.23 bits per heavy atom. The zero-order valence-corrected chi connectivity index (χ0v) is 15.1. The van der Waals surface area contributed by atoms with Crippen LogP contribution < -0.4 is 5.32 Å². The molecule has 26 heavy (non-hydrogen) atoms. The van der Waals surface area contributed by atoms with E-state index in [1.807, 2.05) is 27.0 Å². The summed E-state index contributed by atoms with van der Waals surface area (Å²) in [5.41, 5.74) is 3.37. The lowest BCUT2D eigenvalue weighted by Crippen LogP contribution is -2.50. The number of rotatable bonds is 3. The molecule has 2 heterocycles. The normalized spacial score (nSPS) is 15.7. The summed E-state index contributed by atoms with van der Waals surface area (Å²) in [7, 11) is 1.83. The molecule has 0 unspecified atom stereocenters. The van der Waals surface area contributed by atoms with Gasteiger partial charge in [0.05, 0.1) is 22.2 Å².